The highest BCUT2D eigenvalue weighted by atomic mass is 35.5. The number of carbonyl (C=O) groups excluding carboxylic acids is 1. The molecular weight excluding hydrogens is 250 g/mol. The second-order valence-electron chi connectivity index (χ2n) is 3.93. The maximum Gasteiger partial charge on any atom is 0.274 e. The van der Waals surface area contributed by atoms with Crippen molar-refractivity contribution in [3.8, 4) is 0 Å². The van der Waals surface area contributed by atoms with Crippen molar-refractivity contribution in [2.45, 2.75) is 27.2 Å². The largest absolute Gasteiger partial charge is 0.370 e. The molecule has 0 atom stereocenters. The highest BCUT2D eigenvalue weighted by Gasteiger charge is 2.17. The molecule has 1 amide bonds. The van der Waals surface area contributed by atoms with E-state index in [9.17, 15) is 4.79 Å². The molecule has 0 aliphatic heterocycles. The lowest BCUT2D eigenvalue weighted by atomic mass is 10.3. The van der Waals surface area contributed by atoms with Crippen LogP contribution in [0.2, 0.25) is 5.02 Å². The number of nitrogens with zero attached hydrogens (tertiary/aromatic N) is 2. The monoisotopic (exact) mass is 269 g/mol. The number of hydrogen-bond donors (Lipinski definition) is 1. The van der Waals surface area contributed by atoms with Crippen LogP contribution in [0.4, 0.5) is 5.82 Å². The smallest absolute Gasteiger partial charge is 0.274 e. The highest BCUT2D eigenvalue weighted by Crippen LogP contribution is 2.18. The highest BCUT2D eigenvalue weighted by molar-refractivity contribution is 6.33. The summed E-state index contributed by atoms with van der Waals surface area (Å²) in [5.74, 6) is 0.571. The Kier molecular flexibility index (Phi) is 5.92. The first-order valence-electron chi connectivity index (χ1n) is 6.33. The second kappa shape index (κ2) is 7.21. The quantitative estimate of drug-likeness (QED) is 0.863. The van der Waals surface area contributed by atoms with Crippen molar-refractivity contribution >= 4 is 23.3 Å². The summed E-state index contributed by atoms with van der Waals surface area (Å²) < 4.78 is 0. The average molecular weight is 270 g/mol. The number of hydrogen-bond acceptors (Lipinski definition) is 3. The van der Waals surface area contributed by atoms with Crippen molar-refractivity contribution in [1.29, 1.82) is 0 Å². The Labute approximate surface area is 113 Å². The zero-order valence-electron chi connectivity index (χ0n) is 11.2. The standard InChI is InChI=1S/C13H20ClN3O/c1-4-9-15-11-8-7-10(14)12(16-11)13(18)17(5-2)6-3/h7-8H,4-6,9H2,1-3H3,(H,15,16). The van der Waals surface area contributed by atoms with Gasteiger partial charge in [-0.25, -0.2) is 4.98 Å². The Balaban J connectivity index is 2.95. The van der Waals surface area contributed by atoms with Gasteiger partial charge in [0.25, 0.3) is 5.91 Å². The van der Waals surface area contributed by atoms with Gasteiger partial charge in [-0.15, -0.1) is 0 Å². The van der Waals surface area contributed by atoms with E-state index in [2.05, 4.69) is 17.2 Å². The van der Waals surface area contributed by atoms with Crippen LogP contribution in [0.1, 0.15) is 37.7 Å². The fraction of sp³-hybridized carbons (Fsp3) is 0.538. The van der Waals surface area contributed by atoms with E-state index in [1.807, 2.05) is 13.8 Å². The van der Waals surface area contributed by atoms with Gasteiger partial charge in [0.2, 0.25) is 0 Å². The molecule has 18 heavy (non-hydrogen) atoms. The zero-order valence-corrected chi connectivity index (χ0v) is 11.9. The number of nitrogens with one attached hydrogen (secondary N) is 1. The summed E-state index contributed by atoms with van der Waals surface area (Å²) in [7, 11) is 0. The van der Waals surface area contributed by atoms with Gasteiger partial charge >= 0.3 is 0 Å². The van der Waals surface area contributed by atoms with Crippen LogP contribution in [0.25, 0.3) is 0 Å². The van der Waals surface area contributed by atoms with Gasteiger partial charge < -0.3 is 10.2 Å². The third-order valence-corrected chi connectivity index (χ3v) is 2.96. The molecule has 0 saturated carbocycles. The van der Waals surface area contributed by atoms with Crippen molar-refractivity contribution < 1.29 is 4.79 Å². The second-order valence-corrected chi connectivity index (χ2v) is 4.34. The van der Waals surface area contributed by atoms with E-state index in [4.69, 9.17) is 11.6 Å². The van der Waals surface area contributed by atoms with Crippen molar-refractivity contribution in [1.82, 2.24) is 9.88 Å². The van der Waals surface area contributed by atoms with E-state index < -0.39 is 0 Å². The van der Waals surface area contributed by atoms with Gasteiger partial charge in [-0.1, -0.05) is 18.5 Å². The van der Waals surface area contributed by atoms with Gasteiger partial charge in [0.1, 0.15) is 11.5 Å². The summed E-state index contributed by atoms with van der Waals surface area (Å²) in [6.45, 7) is 8.08. The maximum atomic E-state index is 12.2. The molecule has 0 spiro atoms. The molecular formula is C13H20ClN3O. The van der Waals surface area contributed by atoms with Crippen LogP contribution in [0, 0.1) is 0 Å². The molecule has 0 aliphatic carbocycles. The number of anilines is 1. The van der Waals surface area contributed by atoms with Crippen LogP contribution in [0.5, 0.6) is 0 Å². The number of aromatic nitrogens is 1. The van der Waals surface area contributed by atoms with E-state index >= 15 is 0 Å². The zero-order chi connectivity index (χ0) is 13.5. The van der Waals surface area contributed by atoms with Gasteiger partial charge in [-0.2, -0.15) is 0 Å². The number of halogens is 1. The summed E-state index contributed by atoms with van der Waals surface area (Å²) in [5, 5.41) is 3.55. The van der Waals surface area contributed by atoms with E-state index in [1.165, 1.54) is 0 Å². The fourth-order valence-corrected chi connectivity index (χ4v) is 1.79. The van der Waals surface area contributed by atoms with Gasteiger partial charge in [-0.05, 0) is 32.4 Å². The summed E-state index contributed by atoms with van der Waals surface area (Å²) in [6.07, 6.45) is 1.00. The third kappa shape index (κ3) is 3.60. The van der Waals surface area contributed by atoms with Gasteiger partial charge in [0, 0.05) is 19.6 Å². The van der Waals surface area contributed by atoms with Crippen LogP contribution >= 0.6 is 11.6 Å². The molecule has 0 saturated heterocycles. The van der Waals surface area contributed by atoms with Crippen LogP contribution in [-0.4, -0.2) is 35.4 Å². The first kappa shape index (κ1) is 14.8. The van der Waals surface area contributed by atoms with Crippen LogP contribution < -0.4 is 5.32 Å². The van der Waals surface area contributed by atoms with E-state index in [0.29, 0.717) is 29.6 Å². The lowest BCUT2D eigenvalue weighted by Crippen LogP contribution is -2.31. The van der Waals surface area contributed by atoms with Crippen LogP contribution in [0.3, 0.4) is 0 Å². The van der Waals surface area contributed by atoms with Gasteiger partial charge in [0.05, 0.1) is 5.02 Å². The Morgan fingerprint density at radius 1 is 1.33 bits per heavy atom. The molecule has 1 aromatic heterocycles. The first-order chi connectivity index (χ1) is 8.63. The fourth-order valence-electron chi connectivity index (χ4n) is 1.60. The van der Waals surface area contributed by atoms with E-state index in [-0.39, 0.29) is 5.91 Å². The minimum absolute atomic E-state index is 0.120. The maximum absolute atomic E-state index is 12.2. The SMILES string of the molecule is CCCNc1ccc(Cl)c(C(=O)N(CC)CC)n1. The lowest BCUT2D eigenvalue weighted by molar-refractivity contribution is 0.0767. The molecule has 1 heterocycles. The molecule has 0 aliphatic rings. The summed E-state index contributed by atoms with van der Waals surface area (Å²) >= 11 is 6.05. The number of rotatable bonds is 6. The molecule has 100 valence electrons. The van der Waals surface area contributed by atoms with E-state index in [0.717, 1.165) is 13.0 Å². The van der Waals surface area contributed by atoms with E-state index in [1.54, 1.807) is 17.0 Å². The molecule has 1 aromatic rings. The van der Waals surface area contributed by atoms with Crippen LogP contribution in [0.15, 0.2) is 12.1 Å². The Hall–Kier alpha value is -1.29. The van der Waals surface area contributed by atoms with Crippen molar-refractivity contribution in [3.05, 3.63) is 22.8 Å². The number of amides is 1. The molecule has 0 bridgehead atoms. The molecule has 1 rings (SSSR count). The topological polar surface area (TPSA) is 45.2 Å². The Bertz CT molecular complexity index is 405. The molecule has 4 nitrogen and oxygen atoms in total. The third-order valence-electron chi connectivity index (χ3n) is 2.66. The van der Waals surface area contributed by atoms with Crippen molar-refractivity contribution in [2.24, 2.45) is 0 Å². The summed E-state index contributed by atoms with van der Waals surface area (Å²) in [5.41, 5.74) is 0.321. The first-order valence-corrected chi connectivity index (χ1v) is 6.71. The van der Waals surface area contributed by atoms with Crippen LogP contribution in [-0.2, 0) is 0 Å². The number of carbonyl (C=O) groups is 1. The normalized spacial score (nSPS) is 10.2. The predicted molar refractivity (Wildman–Crippen MR) is 75.3 cm³/mol. The van der Waals surface area contributed by atoms with Crippen molar-refractivity contribution in [2.75, 3.05) is 25.0 Å². The average Bonchev–Trinajstić information content (AvgIpc) is 2.39. The number of pyridine rings is 1. The van der Waals surface area contributed by atoms with Crippen molar-refractivity contribution in [3.63, 3.8) is 0 Å². The molecule has 0 unspecified atom stereocenters. The lowest BCUT2D eigenvalue weighted by Gasteiger charge is -2.19. The Morgan fingerprint density at radius 2 is 2.00 bits per heavy atom. The summed E-state index contributed by atoms with van der Waals surface area (Å²) in [4.78, 5) is 18.2. The molecule has 0 radical (unpaired) electrons. The summed E-state index contributed by atoms with van der Waals surface area (Å²) in [6, 6.07) is 3.50. The molecule has 0 aromatic carbocycles. The minimum Gasteiger partial charge on any atom is -0.370 e. The molecule has 5 heteroatoms. The molecule has 0 fully saturated rings. The molecule has 1 N–H and O–H groups in total. The predicted octanol–water partition coefficient (Wildman–Crippen LogP) is 3.04. The Morgan fingerprint density at radius 3 is 2.56 bits per heavy atom. The minimum atomic E-state index is -0.120. The van der Waals surface area contributed by atoms with Gasteiger partial charge in [-0.3, -0.25) is 4.79 Å². The van der Waals surface area contributed by atoms with Gasteiger partial charge in [0.15, 0.2) is 0 Å².